The van der Waals surface area contributed by atoms with E-state index < -0.39 is 11.6 Å². The molecule has 2 nitrogen and oxygen atoms in total. The van der Waals surface area contributed by atoms with Gasteiger partial charge in [0.05, 0.1) is 5.52 Å². The van der Waals surface area contributed by atoms with Gasteiger partial charge in [-0.2, -0.15) is 0 Å². The minimum absolute atomic E-state index is 0.280. The van der Waals surface area contributed by atoms with Crippen LogP contribution in [0, 0.1) is 34.2 Å². The first-order valence-corrected chi connectivity index (χ1v) is 7.29. The molecule has 20 heavy (non-hydrogen) atoms. The zero-order chi connectivity index (χ0) is 15.0. The molecule has 1 aromatic heterocycles. The Morgan fingerprint density at radius 2 is 1.75 bits per heavy atom. The van der Waals surface area contributed by atoms with Gasteiger partial charge < -0.3 is 9.55 Å². The molecule has 0 aliphatic carbocycles. The van der Waals surface area contributed by atoms with Crippen molar-refractivity contribution in [3.63, 3.8) is 0 Å². The van der Waals surface area contributed by atoms with E-state index in [0.29, 0.717) is 34.6 Å². The fourth-order valence-electron chi connectivity index (χ4n) is 2.76. The summed E-state index contributed by atoms with van der Waals surface area (Å²) in [6, 6.07) is 2.21. The van der Waals surface area contributed by atoms with E-state index in [-0.39, 0.29) is 5.52 Å². The number of H-pyrrole nitrogens is 1. The van der Waals surface area contributed by atoms with Crippen LogP contribution in [-0.2, 0) is 6.54 Å². The minimum Gasteiger partial charge on any atom is -0.328 e. The molecule has 110 valence electrons. The van der Waals surface area contributed by atoms with Gasteiger partial charge in [-0.1, -0.05) is 27.7 Å². The molecule has 2 aromatic rings. The average Bonchev–Trinajstić information content (AvgIpc) is 2.62. The number of fused-ring (bicyclic) bond motifs is 1. The fraction of sp³-hybridized carbons (Fsp3) is 0.533. The lowest BCUT2D eigenvalue weighted by atomic mass is 9.85. The number of nitrogens with one attached hydrogen (secondary N) is 1. The van der Waals surface area contributed by atoms with Crippen LogP contribution in [0.3, 0.4) is 0 Å². The van der Waals surface area contributed by atoms with E-state index >= 15 is 0 Å². The Labute approximate surface area is 122 Å². The lowest BCUT2D eigenvalue weighted by molar-refractivity contribution is 0.253. The highest BCUT2D eigenvalue weighted by Crippen LogP contribution is 2.26. The molecule has 1 aromatic carbocycles. The standard InChI is InChI=1S/C15H20F2N2S/c1-8(2)11(9(3)4)7-19-13-6-10(16)5-12(17)14(13)18-15(19)20/h5-6,8-9,11H,7H2,1-4H3,(H,18,20). The molecule has 0 saturated carbocycles. The van der Waals surface area contributed by atoms with Crippen LogP contribution >= 0.6 is 12.2 Å². The molecule has 0 saturated heterocycles. The highest BCUT2D eigenvalue weighted by atomic mass is 32.1. The zero-order valence-corrected chi connectivity index (χ0v) is 13.0. The summed E-state index contributed by atoms with van der Waals surface area (Å²) in [6.45, 7) is 9.29. The van der Waals surface area contributed by atoms with Crippen LogP contribution in [0.5, 0.6) is 0 Å². The van der Waals surface area contributed by atoms with Crippen LogP contribution in [0.15, 0.2) is 12.1 Å². The average molecular weight is 298 g/mol. The van der Waals surface area contributed by atoms with Crippen molar-refractivity contribution >= 4 is 23.3 Å². The summed E-state index contributed by atoms with van der Waals surface area (Å²) in [7, 11) is 0. The third kappa shape index (κ3) is 2.77. The van der Waals surface area contributed by atoms with Crippen LogP contribution in [0.4, 0.5) is 8.78 Å². The summed E-state index contributed by atoms with van der Waals surface area (Å²) in [5.74, 6) is 0.159. The Hall–Kier alpha value is -1.23. The van der Waals surface area contributed by atoms with Crippen LogP contribution in [0.2, 0.25) is 0 Å². The summed E-state index contributed by atoms with van der Waals surface area (Å²) in [6.07, 6.45) is 0. The number of hydrogen-bond acceptors (Lipinski definition) is 1. The summed E-state index contributed by atoms with van der Waals surface area (Å²) in [5, 5.41) is 0. The lowest BCUT2D eigenvalue weighted by Crippen LogP contribution is -2.22. The molecule has 0 atom stereocenters. The molecule has 5 heteroatoms. The normalized spacial score (nSPS) is 12.2. The van der Waals surface area contributed by atoms with Crippen molar-refractivity contribution in [2.24, 2.45) is 17.8 Å². The van der Waals surface area contributed by atoms with Crippen molar-refractivity contribution < 1.29 is 8.78 Å². The number of aromatic nitrogens is 2. The van der Waals surface area contributed by atoms with E-state index in [9.17, 15) is 8.78 Å². The third-order valence-electron chi connectivity index (χ3n) is 3.91. The van der Waals surface area contributed by atoms with E-state index in [1.54, 1.807) is 0 Å². The summed E-state index contributed by atoms with van der Waals surface area (Å²) < 4.78 is 29.5. The molecule has 0 unspecified atom stereocenters. The van der Waals surface area contributed by atoms with Crippen molar-refractivity contribution in [1.82, 2.24) is 9.55 Å². The topological polar surface area (TPSA) is 20.7 Å². The second-order valence-corrected chi connectivity index (χ2v) is 6.36. The number of benzene rings is 1. The first-order valence-electron chi connectivity index (χ1n) is 6.88. The minimum atomic E-state index is -0.601. The Morgan fingerprint density at radius 3 is 2.30 bits per heavy atom. The Kier molecular flexibility index (Phi) is 4.28. The van der Waals surface area contributed by atoms with Gasteiger partial charge in [0, 0.05) is 12.6 Å². The van der Waals surface area contributed by atoms with Gasteiger partial charge >= 0.3 is 0 Å². The van der Waals surface area contributed by atoms with Gasteiger partial charge in [-0.25, -0.2) is 8.78 Å². The van der Waals surface area contributed by atoms with Gasteiger partial charge in [0.2, 0.25) is 0 Å². The number of imidazole rings is 1. The predicted molar refractivity (Wildman–Crippen MR) is 80.2 cm³/mol. The predicted octanol–water partition coefficient (Wildman–Crippen LogP) is 4.91. The number of hydrogen-bond donors (Lipinski definition) is 1. The largest absolute Gasteiger partial charge is 0.328 e. The smallest absolute Gasteiger partial charge is 0.178 e. The molecular weight excluding hydrogens is 278 g/mol. The second kappa shape index (κ2) is 5.64. The molecule has 0 spiro atoms. The zero-order valence-electron chi connectivity index (χ0n) is 12.2. The number of nitrogens with zero attached hydrogens (tertiary/aromatic N) is 1. The monoisotopic (exact) mass is 298 g/mol. The molecular formula is C15H20F2N2S. The first-order chi connectivity index (χ1) is 9.31. The number of aromatic amines is 1. The Bertz CT molecular complexity index is 662. The van der Waals surface area contributed by atoms with Gasteiger partial charge in [0.25, 0.3) is 0 Å². The first kappa shape index (κ1) is 15.2. The maximum Gasteiger partial charge on any atom is 0.178 e. The van der Waals surface area contributed by atoms with Gasteiger partial charge in [0.1, 0.15) is 11.3 Å². The molecule has 0 aliphatic heterocycles. The maximum absolute atomic E-state index is 13.8. The van der Waals surface area contributed by atoms with Gasteiger partial charge in [-0.15, -0.1) is 0 Å². The van der Waals surface area contributed by atoms with E-state index in [1.807, 2.05) is 4.57 Å². The van der Waals surface area contributed by atoms with Gasteiger partial charge in [-0.3, -0.25) is 0 Å². The van der Waals surface area contributed by atoms with Crippen molar-refractivity contribution in [2.75, 3.05) is 0 Å². The molecule has 1 N–H and O–H groups in total. The number of halogens is 2. The quantitative estimate of drug-likeness (QED) is 0.796. The van der Waals surface area contributed by atoms with Crippen molar-refractivity contribution in [3.8, 4) is 0 Å². The molecule has 0 aliphatic rings. The van der Waals surface area contributed by atoms with Gasteiger partial charge in [0.15, 0.2) is 10.6 Å². The van der Waals surface area contributed by atoms with Gasteiger partial charge in [-0.05, 0) is 36.0 Å². The van der Waals surface area contributed by atoms with Crippen molar-refractivity contribution in [2.45, 2.75) is 34.2 Å². The molecule has 0 amide bonds. The van der Waals surface area contributed by atoms with E-state index in [0.717, 1.165) is 6.07 Å². The van der Waals surface area contributed by atoms with Crippen LogP contribution in [-0.4, -0.2) is 9.55 Å². The fourth-order valence-corrected chi connectivity index (χ4v) is 3.04. The van der Waals surface area contributed by atoms with E-state index in [4.69, 9.17) is 12.2 Å². The van der Waals surface area contributed by atoms with E-state index in [2.05, 4.69) is 32.7 Å². The molecule has 0 bridgehead atoms. The SMILES string of the molecule is CC(C)C(Cn1c(=S)[nH]c2c(F)cc(F)cc21)C(C)C. The van der Waals surface area contributed by atoms with Crippen molar-refractivity contribution in [3.05, 3.63) is 28.5 Å². The molecule has 2 rings (SSSR count). The highest BCUT2D eigenvalue weighted by Gasteiger charge is 2.20. The van der Waals surface area contributed by atoms with Crippen LogP contribution in [0.25, 0.3) is 11.0 Å². The van der Waals surface area contributed by atoms with Crippen molar-refractivity contribution in [1.29, 1.82) is 0 Å². The van der Waals surface area contributed by atoms with Crippen LogP contribution in [0.1, 0.15) is 27.7 Å². The Morgan fingerprint density at radius 1 is 1.15 bits per heavy atom. The molecule has 0 radical (unpaired) electrons. The third-order valence-corrected chi connectivity index (χ3v) is 4.23. The summed E-state index contributed by atoms with van der Waals surface area (Å²) in [4.78, 5) is 2.84. The molecule has 1 heterocycles. The summed E-state index contributed by atoms with van der Waals surface area (Å²) in [5.41, 5.74) is 0.779. The van der Waals surface area contributed by atoms with E-state index in [1.165, 1.54) is 6.07 Å². The molecule has 0 fully saturated rings. The number of rotatable bonds is 4. The highest BCUT2D eigenvalue weighted by molar-refractivity contribution is 7.71. The second-order valence-electron chi connectivity index (χ2n) is 5.97. The Balaban J connectivity index is 2.54. The van der Waals surface area contributed by atoms with Crippen LogP contribution < -0.4 is 0 Å². The summed E-state index contributed by atoms with van der Waals surface area (Å²) >= 11 is 5.27. The maximum atomic E-state index is 13.8. The lowest BCUT2D eigenvalue weighted by Gasteiger charge is -2.25.